The molecule has 23 heavy (non-hydrogen) atoms. The minimum atomic E-state index is 0.763. The van der Waals surface area contributed by atoms with Crippen molar-refractivity contribution in [3.63, 3.8) is 0 Å². The fourth-order valence-corrected chi connectivity index (χ4v) is 2.83. The zero-order chi connectivity index (χ0) is 16.9. The van der Waals surface area contributed by atoms with Gasteiger partial charge in [0, 0.05) is 33.4 Å². The average Bonchev–Trinajstić information content (AvgIpc) is 2.62. The molecule has 1 saturated heterocycles. The fourth-order valence-electron chi connectivity index (χ4n) is 2.83. The van der Waals surface area contributed by atoms with Gasteiger partial charge in [-0.15, -0.1) is 0 Å². The molecule has 0 radical (unpaired) electrons. The van der Waals surface area contributed by atoms with Gasteiger partial charge in [0.25, 0.3) is 0 Å². The molecule has 0 atom stereocenters. The van der Waals surface area contributed by atoms with Crippen molar-refractivity contribution in [1.82, 2.24) is 10.2 Å². The Morgan fingerprint density at radius 2 is 1.74 bits per heavy atom. The molecule has 1 aromatic rings. The van der Waals surface area contributed by atoms with Crippen LogP contribution in [0, 0.1) is 5.92 Å². The highest BCUT2D eigenvalue weighted by Crippen LogP contribution is 2.16. The minimum absolute atomic E-state index is 0.763. The Labute approximate surface area is 142 Å². The molecule has 2 rings (SSSR count). The first-order valence-corrected chi connectivity index (χ1v) is 8.86. The van der Waals surface area contributed by atoms with Crippen molar-refractivity contribution >= 4 is 0 Å². The van der Waals surface area contributed by atoms with Gasteiger partial charge in [-0.05, 0) is 49.5 Å². The molecule has 0 aliphatic carbocycles. The summed E-state index contributed by atoms with van der Waals surface area (Å²) in [5.74, 6) is 1.68. The normalized spacial score (nSPS) is 15.8. The Morgan fingerprint density at radius 3 is 2.30 bits per heavy atom. The molecule has 0 unspecified atom stereocenters. The Balaban J connectivity index is 0.00000127. The van der Waals surface area contributed by atoms with Crippen LogP contribution in [0.5, 0.6) is 5.75 Å². The number of rotatable bonds is 8. The lowest BCUT2D eigenvalue weighted by atomic mass is 9.98. The topological polar surface area (TPSA) is 33.7 Å². The number of piperidine rings is 1. The van der Waals surface area contributed by atoms with Crippen LogP contribution in [0.15, 0.2) is 24.3 Å². The van der Waals surface area contributed by atoms with Crippen LogP contribution in [0.4, 0.5) is 0 Å². The van der Waals surface area contributed by atoms with E-state index in [1.165, 1.54) is 31.5 Å². The molecular weight excluding hydrogens is 288 g/mol. The standard InChI is InChI=1S/C17H28N2O2.C2H6/c1-20-14-16-7-10-19(11-8-16)12-9-18-13-15-3-5-17(21-2)6-4-15;1-2/h3-6,16,18H,7-14H2,1-2H3;1-2H3. The summed E-state index contributed by atoms with van der Waals surface area (Å²) in [5, 5.41) is 3.52. The van der Waals surface area contributed by atoms with Gasteiger partial charge in [0.2, 0.25) is 0 Å². The molecule has 0 amide bonds. The summed E-state index contributed by atoms with van der Waals surface area (Å²) in [6, 6.07) is 8.25. The summed E-state index contributed by atoms with van der Waals surface area (Å²) in [5.41, 5.74) is 1.30. The summed E-state index contributed by atoms with van der Waals surface area (Å²) in [6.45, 7) is 10.4. The predicted molar refractivity (Wildman–Crippen MR) is 97.1 cm³/mol. The molecule has 1 aliphatic rings. The second kappa shape index (κ2) is 12.3. The Bertz CT molecular complexity index is 387. The van der Waals surface area contributed by atoms with Crippen LogP contribution in [0.2, 0.25) is 0 Å². The highest BCUT2D eigenvalue weighted by molar-refractivity contribution is 5.26. The van der Waals surface area contributed by atoms with Gasteiger partial charge in [-0.3, -0.25) is 0 Å². The first-order chi connectivity index (χ1) is 11.3. The van der Waals surface area contributed by atoms with E-state index in [1.54, 1.807) is 14.2 Å². The molecule has 0 aromatic heterocycles. The van der Waals surface area contributed by atoms with Gasteiger partial charge in [-0.1, -0.05) is 26.0 Å². The lowest BCUT2D eigenvalue weighted by Gasteiger charge is -2.31. The number of nitrogens with zero attached hydrogens (tertiary/aromatic N) is 1. The molecule has 0 spiro atoms. The van der Waals surface area contributed by atoms with Crippen molar-refractivity contribution in [2.45, 2.75) is 33.2 Å². The van der Waals surface area contributed by atoms with E-state index in [0.29, 0.717) is 0 Å². The first kappa shape index (κ1) is 19.9. The van der Waals surface area contributed by atoms with Gasteiger partial charge in [0.05, 0.1) is 7.11 Å². The molecule has 0 bridgehead atoms. The summed E-state index contributed by atoms with van der Waals surface area (Å²) in [7, 11) is 3.50. The number of benzene rings is 1. The van der Waals surface area contributed by atoms with Gasteiger partial charge in [-0.25, -0.2) is 0 Å². The molecule has 1 N–H and O–H groups in total. The van der Waals surface area contributed by atoms with Crippen molar-refractivity contribution < 1.29 is 9.47 Å². The highest BCUT2D eigenvalue weighted by atomic mass is 16.5. The minimum Gasteiger partial charge on any atom is -0.497 e. The predicted octanol–water partition coefficient (Wildman–Crippen LogP) is 3.17. The van der Waals surface area contributed by atoms with Crippen LogP contribution < -0.4 is 10.1 Å². The highest BCUT2D eigenvalue weighted by Gasteiger charge is 2.18. The van der Waals surface area contributed by atoms with E-state index in [9.17, 15) is 0 Å². The molecule has 4 heteroatoms. The van der Waals surface area contributed by atoms with Gasteiger partial charge >= 0.3 is 0 Å². The molecule has 1 heterocycles. The molecule has 1 aliphatic heterocycles. The second-order valence-electron chi connectivity index (χ2n) is 5.77. The van der Waals surface area contributed by atoms with E-state index in [1.807, 2.05) is 26.0 Å². The third-order valence-corrected chi connectivity index (χ3v) is 4.20. The van der Waals surface area contributed by atoms with Crippen LogP contribution in [-0.2, 0) is 11.3 Å². The fraction of sp³-hybridized carbons (Fsp3) is 0.684. The molecule has 1 aromatic carbocycles. The Hall–Kier alpha value is -1.10. The van der Waals surface area contributed by atoms with E-state index in [2.05, 4.69) is 22.3 Å². The maximum atomic E-state index is 5.24. The SMILES string of the molecule is CC.COCC1CCN(CCNCc2ccc(OC)cc2)CC1. The molecule has 1 fully saturated rings. The number of methoxy groups -OCH3 is 2. The van der Waals surface area contributed by atoms with Crippen LogP contribution in [-0.4, -0.2) is 51.9 Å². The molecule has 132 valence electrons. The monoisotopic (exact) mass is 322 g/mol. The number of likely N-dealkylation sites (tertiary alicyclic amines) is 1. The van der Waals surface area contributed by atoms with E-state index < -0.39 is 0 Å². The Morgan fingerprint density at radius 1 is 1.09 bits per heavy atom. The van der Waals surface area contributed by atoms with Crippen LogP contribution in [0.25, 0.3) is 0 Å². The lowest BCUT2D eigenvalue weighted by Crippen LogP contribution is -2.39. The summed E-state index contributed by atoms with van der Waals surface area (Å²) in [6.07, 6.45) is 2.54. The van der Waals surface area contributed by atoms with Crippen LogP contribution in [0.3, 0.4) is 0 Å². The molecular formula is C19H34N2O2. The van der Waals surface area contributed by atoms with Crippen molar-refractivity contribution in [2.24, 2.45) is 5.92 Å². The van der Waals surface area contributed by atoms with Crippen LogP contribution in [0.1, 0.15) is 32.3 Å². The number of hydrogen-bond donors (Lipinski definition) is 1. The summed E-state index contributed by atoms with van der Waals surface area (Å²) in [4.78, 5) is 2.55. The van der Waals surface area contributed by atoms with E-state index >= 15 is 0 Å². The zero-order valence-corrected chi connectivity index (χ0v) is 15.3. The Kier molecular flexibility index (Phi) is 10.7. The lowest BCUT2D eigenvalue weighted by molar-refractivity contribution is 0.0998. The molecule has 0 saturated carbocycles. The van der Waals surface area contributed by atoms with Crippen molar-refractivity contribution in [3.8, 4) is 5.75 Å². The maximum absolute atomic E-state index is 5.24. The van der Waals surface area contributed by atoms with Crippen molar-refractivity contribution in [3.05, 3.63) is 29.8 Å². The number of ether oxygens (including phenoxy) is 2. The zero-order valence-electron chi connectivity index (χ0n) is 15.3. The third-order valence-electron chi connectivity index (χ3n) is 4.20. The van der Waals surface area contributed by atoms with E-state index in [-0.39, 0.29) is 0 Å². The van der Waals surface area contributed by atoms with E-state index in [4.69, 9.17) is 9.47 Å². The first-order valence-electron chi connectivity index (χ1n) is 8.86. The van der Waals surface area contributed by atoms with Crippen molar-refractivity contribution in [2.75, 3.05) is 47.0 Å². The van der Waals surface area contributed by atoms with Gasteiger partial charge in [-0.2, -0.15) is 0 Å². The van der Waals surface area contributed by atoms with Gasteiger partial charge < -0.3 is 19.7 Å². The maximum Gasteiger partial charge on any atom is 0.118 e. The third kappa shape index (κ3) is 7.82. The largest absolute Gasteiger partial charge is 0.497 e. The van der Waals surface area contributed by atoms with Gasteiger partial charge in [0.15, 0.2) is 0 Å². The van der Waals surface area contributed by atoms with E-state index in [0.717, 1.165) is 37.9 Å². The molecule has 4 nitrogen and oxygen atoms in total. The summed E-state index contributed by atoms with van der Waals surface area (Å²) >= 11 is 0. The second-order valence-corrected chi connectivity index (χ2v) is 5.77. The van der Waals surface area contributed by atoms with Crippen molar-refractivity contribution in [1.29, 1.82) is 0 Å². The quantitative estimate of drug-likeness (QED) is 0.746. The van der Waals surface area contributed by atoms with Gasteiger partial charge in [0.1, 0.15) is 5.75 Å². The summed E-state index contributed by atoms with van der Waals surface area (Å²) < 4.78 is 10.4. The number of hydrogen-bond acceptors (Lipinski definition) is 4. The van der Waals surface area contributed by atoms with Crippen LogP contribution >= 0.6 is 0 Å². The smallest absolute Gasteiger partial charge is 0.118 e. The average molecular weight is 322 g/mol. The number of nitrogens with one attached hydrogen (secondary N) is 1.